The van der Waals surface area contributed by atoms with Gasteiger partial charge in [0.2, 0.25) is 0 Å². The Hall–Kier alpha value is -2.68. The molecule has 1 aliphatic carbocycles. The molecule has 0 N–H and O–H groups in total. The summed E-state index contributed by atoms with van der Waals surface area (Å²) in [5.74, 6) is 0.866. The van der Waals surface area contributed by atoms with Gasteiger partial charge < -0.3 is 4.90 Å². The molecule has 4 rings (SSSR count). The van der Waals surface area contributed by atoms with Crippen LogP contribution in [0.4, 0.5) is 5.82 Å². The summed E-state index contributed by atoms with van der Waals surface area (Å²) >= 11 is 0. The van der Waals surface area contributed by atoms with Gasteiger partial charge in [0.1, 0.15) is 11.9 Å². The minimum atomic E-state index is -0.00436. The quantitative estimate of drug-likeness (QED) is 0.859. The van der Waals surface area contributed by atoms with Crippen LogP contribution in [-0.2, 0) is 19.4 Å². The van der Waals surface area contributed by atoms with E-state index >= 15 is 0 Å². The number of hydrogen-bond acceptors (Lipinski definition) is 5. The van der Waals surface area contributed by atoms with Gasteiger partial charge in [0.25, 0.3) is 5.56 Å². The van der Waals surface area contributed by atoms with E-state index in [2.05, 4.69) is 21.1 Å². The highest BCUT2D eigenvalue weighted by molar-refractivity contribution is 5.43. The Morgan fingerprint density at radius 3 is 3.00 bits per heavy atom. The molecule has 1 fully saturated rings. The highest BCUT2D eigenvalue weighted by Gasteiger charge is 2.27. The Morgan fingerprint density at radius 1 is 1.29 bits per heavy atom. The highest BCUT2D eigenvalue weighted by atomic mass is 16.1. The molecule has 0 amide bonds. The van der Waals surface area contributed by atoms with Gasteiger partial charge in [-0.05, 0) is 49.8 Å². The molecule has 2 aromatic rings. The van der Waals surface area contributed by atoms with Gasteiger partial charge in [0.05, 0.1) is 23.8 Å². The lowest BCUT2D eigenvalue weighted by molar-refractivity contribution is 0.481. The molecular formula is C18H19N5O. The zero-order valence-electron chi connectivity index (χ0n) is 13.5. The van der Waals surface area contributed by atoms with Crippen molar-refractivity contribution in [3.8, 4) is 6.07 Å². The molecule has 0 saturated carbocycles. The Kier molecular flexibility index (Phi) is 3.77. The Balaban J connectivity index is 1.57. The van der Waals surface area contributed by atoms with Crippen LogP contribution < -0.4 is 10.5 Å². The molecule has 0 bridgehead atoms. The average molecular weight is 321 g/mol. The maximum absolute atomic E-state index is 12.3. The summed E-state index contributed by atoms with van der Waals surface area (Å²) in [5.41, 5.74) is 2.75. The van der Waals surface area contributed by atoms with Gasteiger partial charge in [-0.3, -0.25) is 4.79 Å². The van der Waals surface area contributed by atoms with E-state index in [0.29, 0.717) is 12.1 Å². The summed E-state index contributed by atoms with van der Waals surface area (Å²) in [6.07, 6.45) is 6.74. The zero-order valence-corrected chi connectivity index (χ0v) is 13.5. The summed E-state index contributed by atoms with van der Waals surface area (Å²) in [4.78, 5) is 18.9. The third-order valence-corrected chi connectivity index (χ3v) is 4.96. The van der Waals surface area contributed by atoms with E-state index in [1.807, 2.05) is 6.07 Å². The van der Waals surface area contributed by atoms with Crippen molar-refractivity contribution in [1.82, 2.24) is 14.8 Å². The molecular weight excluding hydrogens is 302 g/mol. The molecule has 1 aliphatic heterocycles. The first kappa shape index (κ1) is 14.9. The van der Waals surface area contributed by atoms with E-state index in [-0.39, 0.29) is 11.6 Å². The summed E-state index contributed by atoms with van der Waals surface area (Å²) in [5, 5.41) is 13.5. The van der Waals surface area contributed by atoms with Crippen molar-refractivity contribution in [3.05, 3.63) is 51.6 Å². The van der Waals surface area contributed by atoms with E-state index in [1.54, 1.807) is 23.0 Å². The first-order valence-electron chi connectivity index (χ1n) is 8.47. The lowest BCUT2D eigenvalue weighted by Crippen LogP contribution is -2.37. The third-order valence-electron chi connectivity index (χ3n) is 4.96. The minimum Gasteiger partial charge on any atom is -0.352 e. The molecule has 0 spiro atoms. The normalized spacial score (nSPS) is 19.3. The fourth-order valence-electron chi connectivity index (χ4n) is 3.72. The first-order valence-corrected chi connectivity index (χ1v) is 8.47. The second kappa shape index (κ2) is 6.08. The number of hydrogen-bond donors (Lipinski definition) is 0. The van der Waals surface area contributed by atoms with Gasteiger partial charge in [0, 0.05) is 18.8 Å². The van der Waals surface area contributed by atoms with Crippen LogP contribution in [0.15, 0.2) is 29.2 Å². The molecule has 2 aliphatic rings. The number of pyridine rings is 1. The van der Waals surface area contributed by atoms with E-state index in [4.69, 9.17) is 5.26 Å². The molecule has 24 heavy (non-hydrogen) atoms. The van der Waals surface area contributed by atoms with Crippen LogP contribution in [0.25, 0.3) is 0 Å². The summed E-state index contributed by atoms with van der Waals surface area (Å²) in [6, 6.07) is 7.74. The van der Waals surface area contributed by atoms with Crippen LogP contribution in [0.1, 0.15) is 36.1 Å². The van der Waals surface area contributed by atoms with Crippen LogP contribution in [-0.4, -0.2) is 27.4 Å². The number of nitrogens with zero attached hydrogens (tertiary/aromatic N) is 5. The predicted molar refractivity (Wildman–Crippen MR) is 89.8 cm³/mol. The highest BCUT2D eigenvalue weighted by Crippen LogP contribution is 2.25. The topological polar surface area (TPSA) is 74.8 Å². The van der Waals surface area contributed by atoms with Crippen molar-refractivity contribution in [1.29, 1.82) is 5.26 Å². The number of nitriles is 1. The fraction of sp³-hybridized carbons (Fsp3) is 0.444. The third kappa shape index (κ3) is 2.67. The van der Waals surface area contributed by atoms with Crippen molar-refractivity contribution in [2.75, 3.05) is 11.4 Å². The molecule has 122 valence electrons. The summed E-state index contributed by atoms with van der Waals surface area (Å²) in [6.45, 7) is 1.51. The number of fused-ring (bicyclic) bond motifs is 1. The van der Waals surface area contributed by atoms with E-state index in [9.17, 15) is 4.79 Å². The van der Waals surface area contributed by atoms with Crippen molar-refractivity contribution in [2.45, 2.75) is 44.7 Å². The lowest BCUT2D eigenvalue weighted by Gasteiger charge is -2.26. The van der Waals surface area contributed by atoms with Crippen LogP contribution in [0.2, 0.25) is 0 Å². The van der Waals surface area contributed by atoms with Crippen molar-refractivity contribution in [2.24, 2.45) is 0 Å². The summed E-state index contributed by atoms with van der Waals surface area (Å²) in [7, 11) is 0. The van der Waals surface area contributed by atoms with Gasteiger partial charge in [-0.1, -0.05) is 0 Å². The SMILES string of the molecule is N#Cc1ccc(N2CCCC2Cn2nc3c(cc2=O)CCC3)nc1. The molecule has 0 aromatic carbocycles. The predicted octanol–water partition coefficient (Wildman–Crippen LogP) is 1.67. The molecule has 2 aromatic heterocycles. The number of aromatic nitrogens is 3. The Morgan fingerprint density at radius 2 is 2.21 bits per heavy atom. The second-order valence-electron chi connectivity index (χ2n) is 6.50. The maximum atomic E-state index is 12.3. The smallest absolute Gasteiger partial charge is 0.267 e. The Bertz CT molecular complexity index is 849. The van der Waals surface area contributed by atoms with Crippen LogP contribution in [0.3, 0.4) is 0 Å². The number of aryl methyl sites for hydroxylation is 2. The molecule has 3 heterocycles. The molecule has 0 radical (unpaired) electrons. The molecule has 6 heteroatoms. The van der Waals surface area contributed by atoms with Gasteiger partial charge in [-0.2, -0.15) is 10.4 Å². The van der Waals surface area contributed by atoms with Gasteiger partial charge >= 0.3 is 0 Å². The monoisotopic (exact) mass is 321 g/mol. The van der Waals surface area contributed by atoms with Crippen LogP contribution >= 0.6 is 0 Å². The van der Waals surface area contributed by atoms with E-state index in [0.717, 1.165) is 55.7 Å². The van der Waals surface area contributed by atoms with Crippen molar-refractivity contribution >= 4 is 5.82 Å². The average Bonchev–Trinajstić information content (AvgIpc) is 3.24. The largest absolute Gasteiger partial charge is 0.352 e. The van der Waals surface area contributed by atoms with Crippen molar-refractivity contribution in [3.63, 3.8) is 0 Å². The van der Waals surface area contributed by atoms with Crippen LogP contribution in [0.5, 0.6) is 0 Å². The van der Waals surface area contributed by atoms with E-state index < -0.39 is 0 Å². The molecule has 6 nitrogen and oxygen atoms in total. The number of rotatable bonds is 3. The van der Waals surface area contributed by atoms with Gasteiger partial charge in [0.15, 0.2) is 0 Å². The first-order chi connectivity index (χ1) is 11.7. The van der Waals surface area contributed by atoms with Crippen LogP contribution in [0, 0.1) is 11.3 Å². The van der Waals surface area contributed by atoms with Gasteiger partial charge in [-0.15, -0.1) is 0 Å². The van der Waals surface area contributed by atoms with Crippen molar-refractivity contribution < 1.29 is 0 Å². The maximum Gasteiger partial charge on any atom is 0.267 e. The lowest BCUT2D eigenvalue weighted by atomic mass is 10.2. The van der Waals surface area contributed by atoms with Gasteiger partial charge in [-0.25, -0.2) is 9.67 Å². The minimum absolute atomic E-state index is 0.00436. The Labute approximate surface area is 140 Å². The van der Waals surface area contributed by atoms with E-state index in [1.165, 1.54) is 0 Å². The summed E-state index contributed by atoms with van der Waals surface area (Å²) < 4.78 is 1.62. The zero-order chi connectivity index (χ0) is 16.5. The molecule has 1 saturated heterocycles. The number of anilines is 1. The second-order valence-corrected chi connectivity index (χ2v) is 6.50. The molecule has 1 unspecified atom stereocenters. The fourth-order valence-corrected chi connectivity index (χ4v) is 3.72. The standard InChI is InChI=1S/C18H19N5O/c19-10-13-6-7-17(20-11-13)22-8-2-4-15(22)12-23-18(24)9-14-3-1-5-16(14)21-23/h6-7,9,11,15H,1-5,8,12H2. The molecule has 1 atom stereocenters.